The zero-order valence-corrected chi connectivity index (χ0v) is 7.77. The summed E-state index contributed by atoms with van der Waals surface area (Å²) in [4.78, 5) is 11.2. The molecule has 0 aliphatic heterocycles. The molecule has 0 bridgehead atoms. The second-order valence-electron chi connectivity index (χ2n) is 2.69. The van der Waals surface area contributed by atoms with E-state index >= 15 is 0 Å². The van der Waals surface area contributed by atoms with Gasteiger partial charge in [-0.2, -0.15) is 0 Å². The highest BCUT2D eigenvalue weighted by Crippen LogP contribution is 2.04. The fourth-order valence-corrected chi connectivity index (χ4v) is 0.948. The van der Waals surface area contributed by atoms with Gasteiger partial charge >= 0.3 is 0 Å². The number of ether oxygens (including phenoxy) is 1. The number of anilines is 1. The summed E-state index contributed by atoms with van der Waals surface area (Å²) in [5.41, 5.74) is 0.741. The van der Waals surface area contributed by atoms with E-state index in [2.05, 4.69) is 5.32 Å². The van der Waals surface area contributed by atoms with Crippen molar-refractivity contribution in [3.8, 4) is 0 Å². The van der Waals surface area contributed by atoms with Crippen molar-refractivity contribution in [3.63, 3.8) is 0 Å². The second kappa shape index (κ2) is 6.12. The molecule has 0 radical (unpaired) electrons. The summed E-state index contributed by atoms with van der Waals surface area (Å²) in [5.74, 6) is -0.218. The van der Waals surface area contributed by atoms with Crippen LogP contribution in [0.1, 0.15) is 0 Å². The molecular formula is C10H13NO3. The molecule has 0 atom stereocenters. The van der Waals surface area contributed by atoms with Gasteiger partial charge in [-0.15, -0.1) is 0 Å². The van der Waals surface area contributed by atoms with E-state index in [4.69, 9.17) is 9.84 Å². The molecule has 1 rings (SSSR count). The van der Waals surface area contributed by atoms with Crippen LogP contribution in [0.15, 0.2) is 30.3 Å². The predicted molar refractivity (Wildman–Crippen MR) is 53.0 cm³/mol. The molecule has 0 saturated heterocycles. The van der Waals surface area contributed by atoms with E-state index in [0.29, 0.717) is 0 Å². The average Bonchev–Trinajstić information content (AvgIpc) is 2.20. The molecule has 0 fully saturated rings. The van der Waals surface area contributed by atoms with Crippen LogP contribution in [0, 0.1) is 0 Å². The van der Waals surface area contributed by atoms with Crippen LogP contribution in [0.25, 0.3) is 0 Å². The lowest BCUT2D eigenvalue weighted by Gasteiger charge is -2.04. The Morgan fingerprint density at radius 2 is 2.07 bits per heavy atom. The average molecular weight is 195 g/mol. The third-order valence-electron chi connectivity index (χ3n) is 1.53. The fraction of sp³-hybridized carbons (Fsp3) is 0.300. The van der Waals surface area contributed by atoms with Gasteiger partial charge in [-0.05, 0) is 12.1 Å². The lowest BCUT2D eigenvalue weighted by molar-refractivity contribution is -0.120. The van der Waals surface area contributed by atoms with Crippen molar-refractivity contribution in [3.05, 3.63) is 30.3 Å². The number of para-hydroxylation sites is 1. The molecule has 0 aromatic heterocycles. The molecule has 1 aromatic rings. The molecule has 1 aromatic carbocycles. The van der Waals surface area contributed by atoms with Crippen molar-refractivity contribution in [1.29, 1.82) is 0 Å². The number of rotatable bonds is 5. The molecule has 2 N–H and O–H groups in total. The normalized spacial score (nSPS) is 9.79. The molecule has 0 heterocycles. The Bertz CT molecular complexity index is 274. The van der Waals surface area contributed by atoms with Gasteiger partial charge in [0.15, 0.2) is 0 Å². The van der Waals surface area contributed by atoms with E-state index in [1.807, 2.05) is 18.2 Å². The highest BCUT2D eigenvalue weighted by molar-refractivity contribution is 5.91. The first kappa shape index (κ1) is 10.7. The molecule has 1 amide bonds. The molecule has 76 valence electrons. The predicted octanol–water partition coefficient (Wildman–Crippen LogP) is 0.634. The van der Waals surface area contributed by atoms with Gasteiger partial charge in [-0.1, -0.05) is 18.2 Å². The van der Waals surface area contributed by atoms with Crippen molar-refractivity contribution < 1.29 is 14.6 Å². The maximum absolute atomic E-state index is 11.2. The molecule has 0 spiro atoms. The van der Waals surface area contributed by atoms with Crippen molar-refractivity contribution in [2.24, 2.45) is 0 Å². The van der Waals surface area contributed by atoms with Crippen molar-refractivity contribution in [2.75, 3.05) is 25.1 Å². The SMILES string of the molecule is O=C(COCCO)Nc1ccccc1. The zero-order chi connectivity index (χ0) is 10.2. The summed E-state index contributed by atoms with van der Waals surface area (Å²) >= 11 is 0. The summed E-state index contributed by atoms with van der Waals surface area (Å²) in [6.07, 6.45) is 0. The van der Waals surface area contributed by atoms with E-state index in [1.165, 1.54) is 0 Å². The topological polar surface area (TPSA) is 58.6 Å². The Kier molecular flexibility index (Phi) is 4.68. The Morgan fingerprint density at radius 3 is 2.71 bits per heavy atom. The van der Waals surface area contributed by atoms with Gasteiger partial charge in [0.1, 0.15) is 6.61 Å². The third-order valence-corrected chi connectivity index (χ3v) is 1.53. The van der Waals surface area contributed by atoms with E-state index in [0.717, 1.165) is 5.69 Å². The zero-order valence-electron chi connectivity index (χ0n) is 7.77. The number of carbonyl (C=O) groups excluding carboxylic acids is 1. The first-order chi connectivity index (χ1) is 6.83. The van der Waals surface area contributed by atoms with Gasteiger partial charge in [0.25, 0.3) is 0 Å². The Balaban J connectivity index is 2.27. The number of hydrogen-bond acceptors (Lipinski definition) is 3. The van der Waals surface area contributed by atoms with Crippen LogP contribution in [-0.4, -0.2) is 30.8 Å². The van der Waals surface area contributed by atoms with Gasteiger partial charge in [0.05, 0.1) is 13.2 Å². The van der Waals surface area contributed by atoms with Gasteiger partial charge in [-0.25, -0.2) is 0 Å². The summed E-state index contributed by atoms with van der Waals surface area (Å²) in [6, 6.07) is 9.14. The van der Waals surface area contributed by atoms with Crippen LogP contribution >= 0.6 is 0 Å². The van der Waals surface area contributed by atoms with E-state index in [9.17, 15) is 4.79 Å². The molecule has 14 heavy (non-hydrogen) atoms. The van der Waals surface area contributed by atoms with Crippen LogP contribution in [0.3, 0.4) is 0 Å². The van der Waals surface area contributed by atoms with Crippen molar-refractivity contribution >= 4 is 11.6 Å². The van der Waals surface area contributed by atoms with Crippen molar-refractivity contribution in [1.82, 2.24) is 0 Å². The monoisotopic (exact) mass is 195 g/mol. The van der Waals surface area contributed by atoms with Crippen LogP contribution in [0.4, 0.5) is 5.69 Å². The van der Waals surface area contributed by atoms with E-state index in [-0.39, 0.29) is 25.7 Å². The maximum Gasteiger partial charge on any atom is 0.250 e. The highest BCUT2D eigenvalue weighted by atomic mass is 16.5. The van der Waals surface area contributed by atoms with Crippen LogP contribution in [-0.2, 0) is 9.53 Å². The second-order valence-corrected chi connectivity index (χ2v) is 2.69. The van der Waals surface area contributed by atoms with Gasteiger partial charge in [0, 0.05) is 5.69 Å². The summed E-state index contributed by atoms with van der Waals surface area (Å²) in [7, 11) is 0. The van der Waals surface area contributed by atoms with Crippen LogP contribution in [0.2, 0.25) is 0 Å². The molecule has 4 nitrogen and oxygen atoms in total. The van der Waals surface area contributed by atoms with E-state index < -0.39 is 0 Å². The lowest BCUT2D eigenvalue weighted by Crippen LogP contribution is -2.19. The first-order valence-electron chi connectivity index (χ1n) is 4.36. The largest absolute Gasteiger partial charge is 0.394 e. The lowest BCUT2D eigenvalue weighted by atomic mass is 10.3. The Morgan fingerprint density at radius 1 is 1.36 bits per heavy atom. The minimum atomic E-state index is -0.218. The molecule has 4 heteroatoms. The smallest absolute Gasteiger partial charge is 0.250 e. The standard InChI is InChI=1S/C10H13NO3/c12-6-7-14-8-10(13)11-9-4-2-1-3-5-9/h1-5,12H,6-8H2,(H,11,13). The minimum Gasteiger partial charge on any atom is -0.394 e. The van der Waals surface area contributed by atoms with Crippen LogP contribution < -0.4 is 5.32 Å². The van der Waals surface area contributed by atoms with Gasteiger partial charge in [0.2, 0.25) is 5.91 Å². The maximum atomic E-state index is 11.2. The Hall–Kier alpha value is -1.39. The number of amides is 1. The number of aliphatic hydroxyl groups is 1. The van der Waals surface area contributed by atoms with Gasteiger partial charge in [-0.3, -0.25) is 4.79 Å². The highest BCUT2D eigenvalue weighted by Gasteiger charge is 2.00. The van der Waals surface area contributed by atoms with Gasteiger partial charge < -0.3 is 15.2 Å². The van der Waals surface area contributed by atoms with E-state index in [1.54, 1.807) is 12.1 Å². The number of carbonyl (C=O) groups is 1. The molecule has 0 saturated carbocycles. The molecule has 0 aliphatic rings. The number of aliphatic hydroxyl groups excluding tert-OH is 1. The third kappa shape index (κ3) is 4.02. The minimum absolute atomic E-state index is 0.0323. The summed E-state index contributed by atoms with van der Waals surface area (Å²) in [6.45, 7) is 0.0796. The first-order valence-corrected chi connectivity index (χ1v) is 4.36. The number of hydrogen-bond donors (Lipinski definition) is 2. The number of benzene rings is 1. The molecular weight excluding hydrogens is 182 g/mol. The summed E-state index contributed by atoms with van der Waals surface area (Å²) in [5, 5.41) is 11.1. The fourth-order valence-electron chi connectivity index (χ4n) is 0.948. The molecule has 0 aliphatic carbocycles. The Labute approximate surface area is 82.5 Å². The molecule has 0 unspecified atom stereocenters. The van der Waals surface area contributed by atoms with Crippen LogP contribution in [0.5, 0.6) is 0 Å². The summed E-state index contributed by atoms with van der Waals surface area (Å²) < 4.78 is 4.85. The number of nitrogens with one attached hydrogen (secondary N) is 1. The quantitative estimate of drug-likeness (QED) is 0.678. The van der Waals surface area contributed by atoms with Crippen molar-refractivity contribution in [2.45, 2.75) is 0 Å².